The molecule has 0 saturated heterocycles. The molecule has 4 heteroatoms. The molecule has 0 amide bonds. The first kappa shape index (κ1) is 10.1. The Labute approximate surface area is 81.6 Å². The summed E-state index contributed by atoms with van der Waals surface area (Å²) in [5.41, 5.74) is 0.289. The zero-order chi connectivity index (χ0) is 10.0. The maximum absolute atomic E-state index is 11.5. The number of rotatable bonds is 2. The molecule has 1 heterocycles. The lowest BCUT2D eigenvalue weighted by Gasteiger charge is -2.08. The van der Waals surface area contributed by atoms with Gasteiger partial charge in [0.05, 0.1) is 0 Å². The van der Waals surface area contributed by atoms with Crippen LogP contribution in [0.15, 0.2) is 10.9 Å². The van der Waals surface area contributed by atoms with Crippen molar-refractivity contribution in [3.05, 3.63) is 27.0 Å². The van der Waals surface area contributed by atoms with Crippen molar-refractivity contribution in [2.24, 2.45) is 0 Å². The SMILES string of the molecule is CCCn1c(O)cc(C)c(Cl)c1=O. The minimum absolute atomic E-state index is 0.0197. The molecule has 0 saturated carbocycles. The van der Waals surface area contributed by atoms with E-state index < -0.39 is 0 Å². The molecule has 1 aromatic rings. The minimum atomic E-state index is -0.319. The van der Waals surface area contributed by atoms with Crippen molar-refractivity contribution < 1.29 is 5.11 Å². The van der Waals surface area contributed by atoms with Gasteiger partial charge in [-0.05, 0) is 18.9 Å². The third-order valence-electron chi connectivity index (χ3n) is 1.85. The van der Waals surface area contributed by atoms with Crippen LogP contribution in [0.2, 0.25) is 5.02 Å². The second kappa shape index (κ2) is 3.83. The number of hydrogen-bond donors (Lipinski definition) is 1. The molecule has 0 spiro atoms. The van der Waals surface area contributed by atoms with Crippen molar-refractivity contribution in [2.75, 3.05) is 0 Å². The van der Waals surface area contributed by atoms with Crippen LogP contribution in [0.1, 0.15) is 18.9 Å². The quantitative estimate of drug-likeness (QED) is 0.795. The molecule has 0 bridgehead atoms. The highest BCUT2D eigenvalue weighted by Crippen LogP contribution is 2.16. The summed E-state index contributed by atoms with van der Waals surface area (Å²) in [6, 6.07) is 1.50. The van der Waals surface area contributed by atoms with E-state index in [0.29, 0.717) is 12.1 Å². The Morgan fingerprint density at radius 2 is 2.23 bits per heavy atom. The van der Waals surface area contributed by atoms with E-state index >= 15 is 0 Å². The van der Waals surface area contributed by atoms with Crippen molar-refractivity contribution in [3.63, 3.8) is 0 Å². The van der Waals surface area contributed by atoms with Crippen LogP contribution in [0.25, 0.3) is 0 Å². The highest BCUT2D eigenvalue weighted by molar-refractivity contribution is 6.31. The van der Waals surface area contributed by atoms with E-state index in [1.54, 1.807) is 6.92 Å². The highest BCUT2D eigenvalue weighted by Gasteiger charge is 2.08. The van der Waals surface area contributed by atoms with Gasteiger partial charge in [0.15, 0.2) is 5.88 Å². The average molecular weight is 202 g/mol. The van der Waals surface area contributed by atoms with Crippen LogP contribution < -0.4 is 5.56 Å². The van der Waals surface area contributed by atoms with Gasteiger partial charge in [-0.3, -0.25) is 9.36 Å². The molecule has 0 aliphatic carbocycles. The Morgan fingerprint density at radius 3 is 2.77 bits per heavy atom. The minimum Gasteiger partial charge on any atom is -0.494 e. The van der Waals surface area contributed by atoms with Crippen LogP contribution in [-0.2, 0) is 6.54 Å². The molecule has 0 fully saturated rings. The maximum Gasteiger partial charge on any atom is 0.272 e. The summed E-state index contributed by atoms with van der Waals surface area (Å²) in [6.45, 7) is 4.12. The van der Waals surface area contributed by atoms with Crippen molar-refractivity contribution in [1.82, 2.24) is 4.57 Å². The Hall–Kier alpha value is -0.960. The number of pyridine rings is 1. The van der Waals surface area contributed by atoms with Gasteiger partial charge < -0.3 is 5.11 Å². The molecule has 0 unspecified atom stereocenters. The van der Waals surface area contributed by atoms with Crippen LogP contribution in [0.5, 0.6) is 5.88 Å². The lowest BCUT2D eigenvalue weighted by Crippen LogP contribution is -2.20. The third-order valence-corrected chi connectivity index (χ3v) is 2.31. The lowest BCUT2D eigenvalue weighted by molar-refractivity contribution is 0.404. The molecule has 3 nitrogen and oxygen atoms in total. The number of aromatic hydroxyl groups is 1. The fourth-order valence-electron chi connectivity index (χ4n) is 1.17. The van der Waals surface area contributed by atoms with E-state index in [1.165, 1.54) is 10.6 Å². The van der Waals surface area contributed by atoms with Gasteiger partial charge in [-0.1, -0.05) is 18.5 Å². The molecular formula is C9H12ClNO2. The molecule has 0 atom stereocenters. The van der Waals surface area contributed by atoms with Crippen LogP contribution in [0.3, 0.4) is 0 Å². The number of halogens is 1. The first-order valence-corrected chi connectivity index (χ1v) is 4.54. The zero-order valence-corrected chi connectivity index (χ0v) is 8.43. The molecule has 1 rings (SSSR count). The van der Waals surface area contributed by atoms with Crippen molar-refractivity contribution >= 4 is 11.6 Å². The van der Waals surface area contributed by atoms with Gasteiger partial charge >= 0.3 is 0 Å². The Balaban J connectivity index is 3.35. The van der Waals surface area contributed by atoms with Gasteiger partial charge in [0.25, 0.3) is 5.56 Å². The van der Waals surface area contributed by atoms with E-state index in [0.717, 1.165) is 6.42 Å². The predicted octanol–water partition coefficient (Wildman–Crippen LogP) is 1.93. The number of hydrogen-bond acceptors (Lipinski definition) is 2. The summed E-state index contributed by atoms with van der Waals surface area (Å²) < 4.78 is 1.27. The maximum atomic E-state index is 11.5. The van der Waals surface area contributed by atoms with Crippen molar-refractivity contribution in [2.45, 2.75) is 26.8 Å². The van der Waals surface area contributed by atoms with E-state index in [1.807, 2.05) is 6.92 Å². The van der Waals surface area contributed by atoms with Crippen LogP contribution in [0.4, 0.5) is 0 Å². The Bertz CT molecular complexity index is 371. The van der Waals surface area contributed by atoms with E-state index in [9.17, 15) is 9.90 Å². The van der Waals surface area contributed by atoms with Gasteiger partial charge in [-0.15, -0.1) is 0 Å². The van der Waals surface area contributed by atoms with Gasteiger partial charge in [-0.2, -0.15) is 0 Å². The van der Waals surface area contributed by atoms with Crippen LogP contribution in [-0.4, -0.2) is 9.67 Å². The van der Waals surface area contributed by atoms with Crippen LogP contribution in [0, 0.1) is 6.92 Å². The van der Waals surface area contributed by atoms with Crippen LogP contribution >= 0.6 is 11.6 Å². The molecular weight excluding hydrogens is 190 g/mol. The Kier molecular flexibility index (Phi) is 2.98. The number of nitrogens with zero attached hydrogens (tertiary/aromatic N) is 1. The topological polar surface area (TPSA) is 42.2 Å². The Morgan fingerprint density at radius 1 is 1.62 bits per heavy atom. The number of aryl methyl sites for hydroxylation is 1. The molecule has 0 aromatic carbocycles. The average Bonchev–Trinajstić information content (AvgIpc) is 2.09. The lowest BCUT2D eigenvalue weighted by atomic mass is 10.3. The summed E-state index contributed by atoms with van der Waals surface area (Å²) in [5, 5.41) is 9.62. The monoisotopic (exact) mass is 201 g/mol. The standard InChI is InChI=1S/C9H12ClNO2/c1-3-4-11-7(12)5-6(2)8(10)9(11)13/h5,12H,3-4H2,1-2H3. The second-order valence-corrected chi connectivity index (χ2v) is 3.33. The number of aromatic nitrogens is 1. The molecule has 72 valence electrons. The molecule has 0 radical (unpaired) electrons. The van der Waals surface area contributed by atoms with Gasteiger partial charge in [0.2, 0.25) is 0 Å². The van der Waals surface area contributed by atoms with Crippen molar-refractivity contribution in [3.8, 4) is 5.88 Å². The third kappa shape index (κ3) is 1.86. The van der Waals surface area contributed by atoms with Gasteiger partial charge in [-0.25, -0.2) is 0 Å². The molecule has 1 N–H and O–H groups in total. The smallest absolute Gasteiger partial charge is 0.272 e. The van der Waals surface area contributed by atoms with E-state index in [2.05, 4.69) is 0 Å². The normalized spacial score (nSPS) is 10.4. The predicted molar refractivity (Wildman–Crippen MR) is 52.4 cm³/mol. The van der Waals surface area contributed by atoms with E-state index in [-0.39, 0.29) is 16.5 Å². The summed E-state index contributed by atoms with van der Waals surface area (Å²) in [7, 11) is 0. The first-order valence-electron chi connectivity index (χ1n) is 4.16. The zero-order valence-electron chi connectivity index (χ0n) is 7.67. The fourth-order valence-corrected chi connectivity index (χ4v) is 1.32. The molecule has 0 aliphatic rings. The molecule has 1 aromatic heterocycles. The highest BCUT2D eigenvalue weighted by atomic mass is 35.5. The first-order chi connectivity index (χ1) is 6.07. The van der Waals surface area contributed by atoms with E-state index in [4.69, 9.17) is 11.6 Å². The fraction of sp³-hybridized carbons (Fsp3) is 0.444. The molecule has 13 heavy (non-hydrogen) atoms. The van der Waals surface area contributed by atoms with Crippen molar-refractivity contribution in [1.29, 1.82) is 0 Å². The summed E-state index contributed by atoms with van der Waals surface area (Å²) in [4.78, 5) is 11.5. The summed E-state index contributed by atoms with van der Waals surface area (Å²) in [5.74, 6) is -0.0197. The summed E-state index contributed by atoms with van der Waals surface area (Å²) >= 11 is 5.75. The second-order valence-electron chi connectivity index (χ2n) is 2.96. The van der Waals surface area contributed by atoms with Gasteiger partial charge in [0.1, 0.15) is 5.02 Å². The summed E-state index contributed by atoms with van der Waals surface area (Å²) in [6.07, 6.45) is 0.785. The van der Waals surface area contributed by atoms with Gasteiger partial charge in [0, 0.05) is 12.6 Å². The molecule has 0 aliphatic heterocycles. The largest absolute Gasteiger partial charge is 0.494 e.